The van der Waals surface area contributed by atoms with Crippen molar-refractivity contribution in [1.29, 1.82) is 0 Å². The first-order chi connectivity index (χ1) is 9.55. The molecular formula is C17H15F3. The second kappa shape index (κ2) is 4.97. The van der Waals surface area contributed by atoms with Crippen molar-refractivity contribution in [2.24, 2.45) is 0 Å². The number of halogens is 3. The minimum atomic E-state index is -4.27. The Hall–Kier alpha value is -1.77. The molecule has 0 bridgehead atoms. The molecule has 3 heteroatoms. The van der Waals surface area contributed by atoms with Gasteiger partial charge in [-0.2, -0.15) is 13.2 Å². The van der Waals surface area contributed by atoms with Crippen LogP contribution in [0.3, 0.4) is 0 Å². The molecule has 2 aromatic carbocycles. The molecule has 3 rings (SSSR count). The molecule has 0 saturated carbocycles. The summed E-state index contributed by atoms with van der Waals surface area (Å²) in [6.45, 7) is 0. The van der Waals surface area contributed by atoms with Crippen molar-refractivity contribution in [3.63, 3.8) is 0 Å². The zero-order chi connectivity index (χ0) is 14.2. The molecule has 104 valence electrons. The van der Waals surface area contributed by atoms with E-state index in [0.29, 0.717) is 12.0 Å². The van der Waals surface area contributed by atoms with Gasteiger partial charge >= 0.3 is 6.18 Å². The van der Waals surface area contributed by atoms with Crippen LogP contribution in [0, 0.1) is 0 Å². The third-order valence-corrected chi connectivity index (χ3v) is 4.05. The molecule has 0 saturated heterocycles. The van der Waals surface area contributed by atoms with Gasteiger partial charge in [0.15, 0.2) is 0 Å². The van der Waals surface area contributed by atoms with Crippen molar-refractivity contribution >= 4 is 0 Å². The molecule has 0 fully saturated rings. The van der Waals surface area contributed by atoms with Crippen LogP contribution in [-0.4, -0.2) is 0 Å². The van der Waals surface area contributed by atoms with Crippen LogP contribution in [-0.2, 0) is 19.0 Å². The number of rotatable bonds is 1. The molecule has 0 nitrogen and oxygen atoms in total. The normalized spacial score (nSPS) is 18.6. The van der Waals surface area contributed by atoms with Gasteiger partial charge < -0.3 is 0 Å². The molecule has 1 aliphatic carbocycles. The maximum absolute atomic E-state index is 13.1. The first kappa shape index (κ1) is 13.2. The second-order valence-electron chi connectivity index (χ2n) is 5.29. The first-order valence-electron chi connectivity index (χ1n) is 6.78. The summed E-state index contributed by atoms with van der Waals surface area (Å²) in [6, 6.07) is 14.0. The Morgan fingerprint density at radius 2 is 1.50 bits per heavy atom. The van der Waals surface area contributed by atoms with E-state index in [1.165, 1.54) is 23.3 Å². The fraction of sp³-hybridized carbons (Fsp3) is 0.294. The van der Waals surface area contributed by atoms with Crippen molar-refractivity contribution in [2.45, 2.75) is 31.4 Å². The van der Waals surface area contributed by atoms with E-state index < -0.39 is 11.7 Å². The predicted molar refractivity (Wildman–Crippen MR) is 72.7 cm³/mol. The van der Waals surface area contributed by atoms with Crippen LogP contribution in [0.25, 0.3) is 0 Å². The minimum absolute atomic E-state index is 0.0391. The average Bonchev–Trinajstić information content (AvgIpc) is 2.46. The molecule has 0 N–H and O–H groups in total. The standard InChI is InChI=1S/C17H15F3/c18-17(19,20)16-8-4-3-7-15(16)14-10-9-12-5-1-2-6-13(12)11-14/h1-8,14H,9-11H2. The quantitative estimate of drug-likeness (QED) is 0.689. The van der Waals surface area contributed by atoms with Gasteiger partial charge in [0.1, 0.15) is 0 Å². The van der Waals surface area contributed by atoms with Gasteiger partial charge in [-0.3, -0.25) is 0 Å². The minimum Gasteiger partial charge on any atom is -0.166 e. The number of fused-ring (bicyclic) bond motifs is 1. The molecule has 1 atom stereocenters. The first-order valence-corrected chi connectivity index (χ1v) is 6.78. The molecule has 0 radical (unpaired) electrons. The lowest BCUT2D eigenvalue weighted by Gasteiger charge is -2.27. The lowest BCUT2D eigenvalue weighted by Crippen LogP contribution is -2.17. The van der Waals surface area contributed by atoms with Gasteiger partial charge in [-0.25, -0.2) is 0 Å². The third-order valence-electron chi connectivity index (χ3n) is 4.05. The number of hydrogen-bond donors (Lipinski definition) is 0. The summed E-state index contributed by atoms with van der Waals surface area (Å²) >= 11 is 0. The van der Waals surface area contributed by atoms with Gasteiger partial charge in [-0.15, -0.1) is 0 Å². The van der Waals surface area contributed by atoms with Crippen molar-refractivity contribution in [1.82, 2.24) is 0 Å². The average molecular weight is 276 g/mol. The van der Waals surface area contributed by atoms with E-state index >= 15 is 0 Å². The lowest BCUT2D eigenvalue weighted by atomic mass is 9.79. The molecule has 0 aromatic heterocycles. The molecule has 2 aromatic rings. The van der Waals surface area contributed by atoms with E-state index in [0.717, 1.165) is 12.8 Å². The molecule has 20 heavy (non-hydrogen) atoms. The molecule has 0 aliphatic heterocycles. The van der Waals surface area contributed by atoms with E-state index in [1.807, 2.05) is 18.2 Å². The maximum atomic E-state index is 13.1. The van der Waals surface area contributed by atoms with Gasteiger partial charge in [0.25, 0.3) is 0 Å². The van der Waals surface area contributed by atoms with Crippen LogP contribution in [0.15, 0.2) is 48.5 Å². The van der Waals surface area contributed by atoms with Gasteiger partial charge in [0.2, 0.25) is 0 Å². The molecule has 0 amide bonds. The number of hydrogen-bond acceptors (Lipinski definition) is 0. The highest BCUT2D eigenvalue weighted by Gasteiger charge is 2.35. The largest absolute Gasteiger partial charge is 0.416 e. The number of alkyl halides is 3. The highest BCUT2D eigenvalue weighted by molar-refractivity contribution is 5.38. The summed E-state index contributed by atoms with van der Waals surface area (Å²) in [7, 11) is 0. The fourth-order valence-corrected chi connectivity index (χ4v) is 3.07. The Morgan fingerprint density at radius 1 is 0.850 bits per heavy atom. The van der Waals surface area contributed by atoms with E-state index in [9.17, 15) is 13.2 Å². The van der Waals surface area contributed by atoms with Gasteiger partial charge in [-0.05, 0) is 47.9 Å². The summed E-state index contributed by atoms with van der Waals surface area (Å²) in [5.74, 6) is -0.0391. The van der Waals surface area contributed by atoms with Crippen LogP contribution in [0.4, 0.5) is 13.2 Å². The smallest absolute Gasteiger partial charge is 0.166 e. The van der Waals surface area contributed by atoms with Crippen LogP contribution >= 0.6 is 0 Å². The maximum Gasteiger partial charge on any atom is 0.416 e. The van der Waals surface area contributed by atoms with Crippen LogP contribution in [0.1, 0.15) is 34.6 Å². The predicted octanol–water partition coefficient (Wildman–Crippen LogP) is 4.98. The molecule has 0 heterocycles. The highest BCUT2D eigenvalue weighted by Crippen LogP contribution is 2.39. The highest BCUT2D eigenvalue weighted by atomic mass is 19.4. The zero-order valence-corrected chi connectivity index (χ0v) is 11.0. The van der Waals surface area contributed by atoms with Gasteiger partial charge in [-0.1, -0.05) is 42.5 Å². The molecule has 1 aliphatic rings. The van der Waals surface area contributed by atoms with Crippen LogP contribution in [0.2, 0.25) is 0 Å². The Morgan fingerprint density at radius 3 is 2.25 bits per heavy atom. The molecular weight excluding hydrogens is 261 g/mol. The Bertz CT molecular complexity index is 614. The molecule has 0 spiro atoms. The van der Waals surface area contributed by atoms with Gasteiger partial charge in [0, 0.05) is 0 Å². The summed E-state index contributed by atoms with van der Waals surface area (Å²) in [6.07, 6.45) is -1.94. The topological polar surface area (TPSA) is 0 Å². The molecule has 1 unspecified atom stereocenters. The van der Waals surface area contributed by atoms with Crippen molar-refractivity contribution in [3.8, 4) is 0 Å². The summed E-state index contributed by atoms with van der Waals surface area (Å²) < 4.78 is 39.3. The second-order valence-corrected chi connectivity index (χ2v) is 5.29. The van der Waals surface area contributed by atoms with Gasteiger partial charge in [0.05, 0.1) is 5.56 Å². The van der Waals surface area contributed by atoms with Crippen LogP contribution < -0.4 is 0 Å². The number of aryl methyl sites for hydroxylation is 1. The fourth-order valence-electron chi connectivity index (χ4n) is 3.07. The Balaban J connectivity index is 1.96. The lowest BCUT2D eigenvalue weighted by molar-refractivity contribution is -0.138. The monoisotopic (exact) mass is 276 g/mol. The zero-order valence-electron chi connectivity index (χ0n) is 11.0. The third kappa shape index (κ3) is 2.45. The Labute approximate surface area is 116 Å². The van der Waals surface area contributed by atoms with Crippen molar-refractivity contribution < 1.29 is 13.2 Å². The van der Waals surface area contributed by atoms with Crippen LogP contribution in [0.5, 0.6) is 0 Å². The van der Waals surface area contributed by atoms with E-state index in [2.05, 4.69) is 6.07 Å². The van der Waals surface area contributed by atoms with E-state index in [-0.39, 0.29) is 5.92 Å². The Kier molecular flexibility index (Phi) is 3.28. The van der Waals surface area contributed by atoms with E-state index in [1.54, 1.807) is 12.1 Å². The number of benzene rings is 2. The van der Waals surface area contributed by atoms with Crippen molar-refractivity contribution in [2.75, 3.05) is 0 Å². The van der Waals surface area contributed by atoms with E-state index in [4.69, 9.17) is 0 Å². The summed E-state index contributed by atoms with van der Waals surface area (Å²) in [5, 5.41) is 0. The summed E-state index contributed by atoms with van der Waals surface area (Å²) in [5.41, 5.74) is 2.41. The summed E-state index contributed by atoms with van der Waals surface area (Å²) in [4.78, 5) is 0. The van der Waals surface area contributed by atoms with Crippen molar-refractivity contribution in [3.05, 3.63) is 70.8 Å². The SMILES string of the molecule is FC(F)(F)c1ccccc1C1CCc2ccccc2C1.